The zero-order valence-electron chi connectivity index (χ0n) is 12.0. The van der Waals surface area contributed by atoms with Gasteiger partial charge in [0.15, 0.2) is 0 Å². The summed E-state index contributed by atoms with van der Waals surface area (Å²) in [7, 11) is 0. The number of nitrogens with one attached hydrogen (secondary N) is 1. The van der Waals surface area contributed by atoms with Gasteiger partial charge in [0.05, 0.1) is 6.10 Å². The maximum Gasteiger partial charge on any atom is 0.0671 e. The van der Waals surface area contributed by atoms with E-state index in [0.717, 1.165) is 19.1 Å². The molecule has 1 N–H and O–H groups in total. The Hall–Kier alpha value is -0.0800. The molecule has 102 valence electrons. The lowest BCUT2D eigenvalue weighted by atomic mass is 10.0. The molecule has 0 aromatic carbocycles. The minimum atomic E-state index is 0.354. The van der Waals surface area contributed by atoms with Crippen LogP contribution in [0.2, 0.25) is 0 Å². The van der Waals surface area contributed by atoms with Crippen LogP contribution in [0.15, 0.2) is 0 Å². The molecule has 2 unspecified atom stereocenters. The van der Waals surface area contributed by atoms with E-state index in [0.29, 0.717) is 12.1 Å². The van der Waals surface area contributed by atoms with Gasteiger partial charge in [0.2, 0.25) is 0 Å². The molecule has 0 bridgehead atoms. The highest BCUT2D eigenvalue weighted by molar-refractivity contribution is 4.66. The van der Waals surface area contributed by atoms with E-state index in [-0.39, 0.29) is 0 Å². The van der Waals surface area contributed by atoms with Gasteiger partial charge in [-0.15, -0.1) is 0 Å². The van der Waals surface area contributed by atoms with Crippen LogP contribution in [0.5, 0.6) is 0 Å². The zero-order chi connectivity index (χ0) is 12.5. The fourth-order valence-electron chi connectivity index (χ4n) is 2.40. The Morgan fingerprint density at radius 1 is 1.12 bits per heavy atom. The fourth-order valence-corrected chi connectivity index (χ4v) is 2.40. The van der Waals surface area contributed by atoms with E-state index >= 15 is 0 Å². The third-order valence-corrected chi connectivity index (χ3v) is 3.96. The van der Waals surface area contributed by atoms with Crippen molar-refractivity contribution in [2.24, 2.45) is 5.92 Å². The van der Waals surface area contributed by atoms with Crippen LogP contribution in [0.1, 0.15) is 65.7 Å². The summed E-state index contributed by atoms with van der Waals surface area (Å²) in [4.78, 5) is 0. The van der Waals surface area contributed by atoms with Gasteiger partial charge in [0.25, 0.3) is 0 Å². The highest BCUT2D eigenvalue weighted by atomic mass is 16.5. The van der Waals surface area contributed by atoms with Crippen molar-refractivity contribution in [2.45, 2.75) is 77.9 Å². The summed E-state index contributed by atoms with van der Waals surface area (Å²) < 4.78 is 5.97. The van der Waals surface area contributed by atoms with Crippen LogP contribution in [-0.4, -0.2) is 25.3 Å². The average molecular weight is 241 g/mol. The van der Waals surface area contributed by atoms with Crippen molar-refractivity contribution in [2.75, 3.05) is 13.2 Å². The minimum Gasteiger partial charge on any atom is -0.377 e. The summed E-state index contributed by atoms with van der Waals surface area (Å²) in [5.74, 6) is 0.823. The molecular formula is C15H31NO. The van der Waals surface area contributed by atoms with Crippen LogP contribution in [0.4, 0.5) is 0 Å². The largest absolute Gasteiger partial charge is 0.377 e. The number of ether oxygens (including phenoxy) is 1. The van der Waals surface area contributed by atoms with Crippen LogP contribution in [0, 0.1) is 5.92 Å². The van der Waals surface area contributed by atoms with Crippen LogP contribution < -0.4 is 5.32 Å². The quantitative estimate of drug-likeness (QED) is 0.685. The van der Waals surface area contributed by atoms with Gasteiger partial charge < -0.3 is 10.1 Å². The topological polar surface area (TPSA) is 21.3 Å². The van der Waals surface area contributed by atoms with E-state index < -0.39 is 0 Å². The highest BCUT2D eigenvalue weighted by Gasteiger charge is 2.14. The van der Waals surface area contributed by atoms with Crippen molar-refractivity contribution >= 4 is 0 Å². The summed E-state index contributed by atoms with van der Waals surface area (Å²) in [5, 5.41) is 3.51. The SMILES string of the molecule is CCC(C)NCC(C)OCC1CCCCCC1. The lowest BCUT2D eigenvalue weighted by molar-refractivity contribution is 0.0355. The van der Waals surface area contributed by atoms with E-state index in [9.17, 15) is 0 Å². The van der Waals surface area contributed by atoms with Crippen molar-refractivity contribution < 1.29 is 4.74 Å². The maximum absolute atomic E-state index is 5.97. The monoisotopic (exact) mass is 241 g/mol. The predicted octanol–water partition coefficient (Wildman–Crippen LogP) is 3.75. The van der Waals surface area contributed by atoms with Gasteiger partial charge in [0, 0.05) is 19.2 Å². The van der Waals surface area contributed by atoms with Crippen LogP contribution >= 0.6 is 0 Å². The Kier molecular flexibility index (Phi) is 7.87. The minimum absolute atomic E-state index is 0.354. The molecule has 2 atom stereocenters. The smallest absolute Gasteiger partial charge is 0.0671 e. The molecular weight excluding hydrogens is 210 g/mol. The average Bonchev–Trinajstić information content (AvgIpc) is 2.61. The normalized spacial score (nSPS) is 22.1. The first kappa shape index (κ1) is 15.0. The van der Waals surface area contributed by atoms with Gasteiger partial charge in [0.1, 0.15) is 0 Å². The molecule has 1 rings (SSSR count). The van der Waals surface area contributed by atoms with Crippen LogP contribution in [-0.2, 0) is 4.74 Å². The number of hydrogen-bond acceptors (Lipinski definition) is 2. The van der Waals surface area contributed by atoms with Crippen molar-refractivity contribution in [1.29, 1.82) is 0 Å². The Morgan fingerprint density at radius 2 is 1.76 bits per heavy atom. The molecule has 1 aliphatic rings. The lowest BCUT2D eigenvalue weighted by Gasteiger charge is -2.20. The Morgan fingerprint density at radius 3 is 2.35 bits per heavy atom. The second-order valence-corrected chi connectivity index (χ2v) is 5.72. The maximum atomic E-state index is 5.97. The van der Waals surface area contributed by atoms with E-state index in [1.807, 2.05) is 0 Å². The van der Waals surface area contributed by atoms with E-state index in [4.69, 9.17) is 4.74 Å². The molecule has 1 aliphatic carbocycles. The van der Waals surface area contributed by atoms with E-state index in [1.54, 1.807) is 0 Å². The molecule has 0 amide bonds. The third kappa shape index (κ3) is 7.05. The molecule has 0 aromatic heterocycles. The molecule has 0 radical (unpaired) electrons. The van der Waals surface area contributed by atoms with Gasteiger partial charge >= 0.3 is 0 Å². The molecule has 2 nitrogen and oxygen atoms in total. The first-order chi connectivity index (χ1) is 8.22. The molecule has 0 aromatic rings. The summed E-state index contributed by atoms with van der Waals surface area (Å²) in [6.45, 7) is 8.60. The Labute approximate surface area is 108 Å². The van der Waals surface area contributed by atoms with Crippen LogP contribution in [0.25, 0.3) is 0 Å². The standard InChI is InChI=1S/C15H31NO/c1-4-13(2)16-11-14(3)17-12-15-9-7-5-6-8-10-15/h13-16H,4-12H2,1-3H3. The van der Waals surface area contributed by atoms with Crippen molar-refractivity contribution in [3.05, 3.63) is 0 Å². The molecule has 2 heteroatoms. The summed E-state index contributed by atoms with van der Waals surface area (Å²) in [6, 6.07) is 0.610. The number of rotatable bonds is 7. The third-order valence-electron chi connectivity index (χ3n) is 3.96. The Bertz CT molecular complexity index is 176. The first-order valence-corrected chi connectivity index (χ1v) is 7.57. The molecule has 0 heterocycles. The second kappa shape index (κ2) is 8.93. The molecule has 1 saturated carbocycles. The summed E-state index contributed by atoms with van der Waals surface area (Å²) in [6.07, 6.45) is 9.99. The molecule has 0 aliphatic heterocycles. The molecule has 17 heavy (non-hydrogen) atoms. The summed E-state index contributed by atoms with van der Waals surface area (Å²) >= 11 is 0. The first-order valence-electron chi connectivity index (χ1n) is 7.57. The Balaban J connectivity index is 2.07. The fraction of sp³-hybridized carbons (Fsp3) is 1.00. The van der Waals surface area contributed by atoms with Gasteiger partial charge in [-0.3, -0.25) is 0 Å². The number of hydrogen-bond donors (Lipinski definition) is 1. The molecule has 0 spiro atoms. The molecule has 1 fully saturated rings. The van der Waals surface area contributed by atoms with Gasteiger partial charge in [-0.2, -0.15) is 0 Å². The van der Waals surface area contributed by atoms with E-state index in [2.05, 4.69) is 26.1 Å². The second-order valence-electron chi connectivity index (χ2n) is 5.72. The predicted molar refractivity (Wildman–Crippen MR) is 74.4 cm³/mol. The van der Waals surface area contributed by atoms with E-state index in [1.165, 1.54) is 44.9 Å². The van der Waals surface area contributed by atoms with Gasteiger partial charge in [-0.05, 0) is 39.0 Å². The van der Waals surface area contributed by atoms with Crippen molar-refractivity contribution in [3.8, 4) is 0 Å². The van der Waals surface area contributed by atoms with Gasteiger partial charge in [-0.1, -0.05) is 32.6 Å². The van der Waals surface area contributed by atoms with Crippen molar-refractivity contribution in [3.63, 3.8) is 0 Å². The highest BCUT2D eigenvalue weighted by Crippen LogP contribution is 2.23. The van der Waals surface area contributed by atoms with Gasteiger partial charge in [-0.25, -0.2) is 0 Å². The van der Waals surface area contributed by atoms with Crippen molar-refractivity contribution in [1.82, 2.24) is 5.32 Å². The summed E-state index contributed by atoms with van der Waals surface area (Å²) in [5.41, 5.74) is 0. The van der Waals surface area contributed by atoms with Crippen LogP contribution in [0.3, 0.4) is 0 Å². The molecule has 0 saturated heterocycles. The lowest BCUT2D eigenvalue weighted by Crippen LogP contribution is -2.34. The zero-order valence-corrected chi connectivity index (χ0v) is 12.0.